The monoisotopic (exact) mass is 286 g/mol. The predicted octanol–water partition coefficient (Wildman–Crippen LogP) is 5.26. The number of aliphatic hydroxyl groups is 1. The summed E-state index contributed by atoms with van der Waals surface area (Å²) in [6.07, 6.45) is 0. The molecule has 0 aromatic heterocycles. The lowest BCUT2D eigenvalue weighted by atomic mass is 9.91. The molecule has 0 radical (unpaired) electrons. The van der Waals surface area contributed by atoms with E-state index in [-0.39, 0.29) is 6.61 Å². The molecule has 4 rings (SSSR count). The van der Waals surface area contributed by atoms with Crippen molar-refractivity contribution in [3.8, 4) is 0 Å². The molecule has 0 saturated carbocycles. The van der Waals surface area contributed by atoms with E-state index in [4.69, 9.17) is 0 Å². The topological polar surface area (TPSA) is 20.2 Å². The van der Waals surface area contributed by atoms with Crippen molar-refractivity contribution in [2.24, 2.45) is 0 Å². The molecular formula is C21H18O. The lowest BCUT2D eigenvalue weighted by Gasteiger charge is -2.14. The van der Waals surface area contributed by atoms with Gasteiger partial charge in [0.15, 0.2) is 0 Å². The van der Waals surface area contributed by atoms with Crippen molar-refractivity contribution in [2.75, 3.05) is 0 Å². The lowest BCUT2D eigenvalue weighted by molar-refractivity contribution is 0.281. The third-order valence-electron chi connectivity index (χ3n) is 4.84. The Balaban J connectivity index is 2.22. The van der Waals surface area contributed by atoms with Gasteiger partial charge in [0.05, 0.1) is 6.61 Å². The number of rotatable bonds is 1. The molecule has 0 heterocycles. The van der Waals surface area contributed by atoms with Crippen molar-refractivity contribution in [3.63, 3.8) is 0 Å². The SMILES string of the molecule is Cc1c(CO)cc2ccc3cc4ccccc4cc3c2c1C. The summed E-state index contributed by atoms with van der Waals surface area (Å²) in [5.41, 5.74) is 3.48. The second kappa shape index (κ2) is 4.82. The maximum absolute atomic E-state index is 9.56. The zero-order valence-corrected chi connectivity index (χ0v) is 12.9. The standard InChI is InChI=1S/C21H18O/c1-13-14(2)21-18(10-19(13)12-22)8-7-17-9-15-5-3-4-6-16(15)11-20(17)21/h3-11,22H,12H2,1-2H3. The van der Waals surface area contributed by atoms with Crippen LogP contribution in [0.1, 0.15) is 16.7 Å². The smallest absolute Gasteiger partial charge is 0.0684 e. The van der Waals surface area contributed by atoms with E-state index in [2.05, 4.69) is 68.4 Å². The van der Waals surface area contributed by atoms with Gasteiger partial charge in [-0.2, -0.15) is 0 Å². The molecule has 0 bridgehead atoms. The number of fused-ring (bicyclic) bond motifs is 4. The number of benzene rings is 4. The van der Waals surface area contributed by atoms with E-state index < -0.39 is 0 Å². The molecular weight excluding hydrogens is 268 g/mol. The van der Waals surface area contributed by atoms with Crippen LogP contribution < -0.4 is 0 Å². The normalized spacial score (nSPS) is 11.6. The van der Waals surface area contributed by atoms with Crippen molar-refractivity contribution in [1.29, 1.82) is 0 Å². The summed E-state index contributed by atoms with van der Waals surface area (Å²) in [7, 11) is 0. The minimum atomic E-state index is 0.0956. The second-order valence-electron chi connectivity index (χ2n) is 6.03. The molecule has 0 atom stereocenters. The Morgan fingerprint density at radius 2 is 1.41 bits per heavy atom. The number of hydrogen-bond donors (Lipinski definition) is 1. The fourth-order valence-electron chi connectivity index (χ4n) is 3.46. The molecule has 1 nitrogen and oxygen atoms in total. The zero-order chi connectivity index (χ0) is 15.3. The largest absolute Gasteiger partial charge is 0.392 e. The molecule has 4 aromatic rings. The van der Waals surface area contributed by atoms with Crippen molar-refractivity contribution < 1.29 is 5.11 Å². The van der Waals surface area contributed by atoms with Gasteiger partial charge in [0.2, 0.25) is 0 Å². The molecule has 0 saturated heterocycles. The fraction of sp³-hybridized carbons (Fsp3) is 0.143. The third kappa shape index (κ3) is 1.83. The molecule has 1 heteroatoms. The van der Waals surface area contributed by atoms with Gasteiger partial charge in [-0.05, 0) is 81.1 Å². The van der Waals surface area contributed by atoms with Crippen LogP contribution in [0.25, 0.3) is 32.3 Å². The second-order valence-corrected chi connectivity index (χ2v) is 6.03. The van der Waals surface area contributed by atoms with Crippen LogP contribution in [0.3, 0.4) is 0 Å². The summed E-state index contributed by atoms with van der Waals surface area (Å²) in [4.78, 5) is 0. The Bertz CT molecular complexity index is 1030. The Kier molecular flexibility index (Phi) is 2.91. The van der Waals surface area contributed by atoms with Crippen LogP contribution in [-0.4, -0.2) is 5.11 Å². The Hall–Kier alpha value is -2.38. The van der Waals surface area contributed by atoms with Crippen molar-refractivity contribution >= 4 is 32.3 Å². The molecule has 108 valence electrons. The van der Waals surface area contributed by atoms with Gasteiger partial charge >= 0.3 is 0 Å². The van der Waals surface area contributed by atoms with Crippen molar-refractivity contribution in [3.05, 3.63) is 71.3 Å². The number of aryl methyl sites for hydroxylation is 1. The highest BCUT2D eigenvalue weighted by atomic mass is 16.3. The Morgan fingerprint density at radius 3 is 2.14 bits per heavy atom. The highest BCUT2D eigenvalue weighted by molar-refractivity contribution is 6.13. The Morgan fingerprint density at radius 1 is 0.727 bits per heavy atom. The molecule has 22 heavy (non-hydrogen) atoms. The molecule has 4 aromatic carbocycles. The van der Waals surface area contributed by atoms with Crippen LogP contribution in [0.2, 0.25) is 0 Å². The predicted molar refractivity (Wildman–Crippen MR) is 94.4 cm³/mol. The van der Waals surface area contributed by atoms with Gasteiger partial charge in [0.1, 0.15) is 0 Å². The van der Waals surface area contributed by atoms with E-state index in [9.17, 15) is 5.11 Å². The Labute approximate surface area is 129 Å². The quantitative estimate of drug-likeness (QED) is 0.374. The van der Waals surface area contributed by atoms with Gasteiger partial charge < -0.3 is 5.11 Å². The van der Waals surface area contributed by atoms with Gasteiger partial charge in [-0.1, -0.05) is 36.4 Å². The minimum absolute atomic E-state index is 0.0956. The molecule has 0 amide bonds. The first-order valence-corrected chi connectivity index (χ1v) is 7.64. The summed E-state index contributed by atoms with van der Waals surface area (Å²) in [6.45, 7) is 4.35. The average Bonchev–Trinajstić information content (AvgIpc) is 2.55. The first kappa shape index (κ1) is 13.3. The van der Waals surface area contributed by atoms with E-state index >= 15 is 0 Å². The van der Waals surface area contributed by atoms with Gasteiger partial charge in [-0.25, -0.2) is 0 Å². The number of hydrogen-bond acceptors (Lipinski definition) is 1. The summed E-state index contributed by atoms with van der Waals surface area (Å²) >= 11 is 0. The highest BCUT2D eigenvalue weighted by Gasteiger charge is 2.10. The summed E-state index contributed by atoms with van der Waals surface area (Å²) < 4.78 is 0. The van der Waals surface area contributed by atoms with Crippen LogP contribution in [0, 0.1) is 13.8 Å². The van der Waals surface area contributed by atoms with Crippen LogP contribution >= 0.6 is 0 Å². The molecule has 0 aliphatic carbocycles. The first-order chi connectivity index (χ1) is 10.7. The molecule has 0 aliphatic heterocycles. The van der Waals surface area contributed by atoms with Crippen LogP contribution in [0.5, 0.6) is 0 Å². The molecule has 1 N–H and O–H groups in total. The fourth-order valence-corrected chi connectivity index (χ4v) is 3.46. The molecule has 0 spiro atoms. The van der Waals surface area contributed by atoms with Gasteiger partial charge in [0, 0.05) is 0 Å². The van der Waals surface area contributed by atoms with Crippen molar-refractivity contribution in [2.45, 2.75) is 20.5 Å². The molecule has 0 aliphatic rings. The lowest BCUT2D eigenvalue weighted by Crippen LogP contribution is -1.94. The van der Waals surface area contributed by atoms with Crippen LogP contribution in [-0.2, 0) is 6.61 Å². The van der Waals surface area contributed by atoms with Crippen LogP contribution in [0.15, 0.2) is 54.6 Å². The summed E-state index contributed by atoms with van der Waals surface area (Å²) in [5, 5.41) is 17.2. The van der Waals surface area contributed by atoms with E-state index in [1.807, 2.05) is 0 Å². The molecule has 0 unspecified atom stereocenters. The summed E-state index contributed by atoms with van der Waals surface area (Å²) in [6, 6.07) is 19.5. The van der Waals surface area contributed by atoms with Gasteiger partial charge in [0.25, 0.3) is 0 Å². The average molecular weight is 286 g/mol. The minimum Gasteiger partial charge on any atom is -0.392 e. The maximum atomic E-state index is 9.56. The number of aliphatic hydroxyl groups excluding tert-OH is 1. The van der Waals surface area contributed by atoms with Gasteiger partial charge in [-0.3, -0.25) is 0 Å². The van der Waals surface area contributed by atoms with E-state index in [1.165, 1.54) is 43.4 Å². The van der Waals surface area contributed by atoms with E-state index in [0.717, 1.165) is 5.56 Å². The first-order valence-electron chi connectivity index (χ1n) is 7.64. The third-order valence-corrected chi connectivity index (χ3v) is 4.84. The van der Waals surface area contributed by atoms with Gasteiger partial charge in [-0.15, -0.1) is 0 Å². The maximum Gasteiger partial charge on any atom is 0.0684 e. The zero-order valence-electron chi connectivity index (χ0n) is 12.9. The van der Waals surface area contributed by atoms with Crippen LogP contribution in [0.4, 0.5) is 0 Å². The molecule has 0 fully saturated rings. The highest BCUT2D eigenvalue weighted by Crippen LogP contribution is 2.34. The van der Waals surface area contributed by atoms with E-state index in [0.29, 0.717) is 0 Å². The van der Waals surface area contributed by atoms with E-state index in [1.54, 1.807) is 0 Å². The van der Waals surface area contributed by atoms with Crippen molar-refractivity contribution in [1.82, 2.24) is 0 Å². The summed E-state index contributed by atoms with van der Waals surface area (Å²) in [5.74, 6) is 0.